The smallest absolute Gasteiger partial charge is 0.236 e. The third kappa shape index (κ3) is 5.55. The van der Waals surface area contributed by atoms with Gasteiger partial charge in [-0.05, 0) is 51.5 Å². The number of aliphatic hydroxyl groups is 1. The van der Waals surface area contributed by atoms with Crippen LogP contribution in [0.2, 0.25) is 0 Å². The van der Waals surface area contributed by atoms with E-state index in [1.807, 2.05) is 45.0 Å². The SMILES string of the molecule is CC(CCO)NC(=O)C(C)(C)Sc1ccc(Br)cc1. The summed E-state index contributed by atoms with van der Waals surface area (Å²) in [5.74, 6) is -0.0126. The topological polar surface area (TPSA) is 49.3 Å². The summed E-state index contributed by atoms with van der Waals surface area (Å²) in [6.45, 7) is 5.79. The second-order valence-electron chi connectivity index (χ2n) is 4.95. The summed E-state index contributed by atoms with van der Waals surface area (Å²) in [6.07, 6.45) is 0.574. The molecule has 0 fully saturated rings. The Labute approximate surface area is 127 Å². The zero-order chi connectivity index (χ0) is 14.5. The number of carbonyl (C=O) groups is 1. The first-order valence-electron chi connectivity index (χ1n) is 6.21. The minimum absolute atomic E-state index is 0.0118. The zero-order valence-corrected chi connectivity index (χ0v) is 13.8. The molecule has 0 saturated carbocycles. The summed E-state index contributed by atoms with van der Waals surface area (Å²) in [5.41, 5.74) is 0. The summed E-state index contributed by atoms with van der Waals surface area (Å²) in [6, 6.07) is 7.89. The molecule has 3 nitrogen and oxygen atoms in total. The molecule has 1 unspecified atom stereocenters. The number of nitrogens with one attached hydrogen (secondary N) is 1. The van der Waals surface area contributed by atoms with E-state index in [1.165, 1.54) is 11.8 Å². The molecule has 1 aromatic rings. The number of rotatable bonds is 6. The Kier molecular flexibility index (Phi) is 6.36. The van der Waals surface area contributed by atoms with Gasteiger partial charge in [0.25, 0.3) is 0 Å². The molecule has 0 bridgehead atoms. The molecule has 106 valence electrons. The van der Waals surface area contributed by atoms with Crippen molar-refractivity contribution in [2.45, 2.75) is 42.9 Å². The van der Waals surface area contributed by atoms with Crippen molar-refractivity contribution in [1.82, 2.24) is 5.32 Å². The van der Waals surface area contributed by atoms with Crippen molar-refractivity contribution < 1.29 is 9.90 Å². The van der Waals surface area contributed by atoms with Gasteiger partial charge in [0.05, 0.1) is 4.75 Å². The summed E-state index contributed by atoms with van der Waals surface area (Å²) >= 11 is 4.92. The predicted octanol–water partition coefficient (Wildman–Crippen LogP) is 3.21. The molecule has 2 N–H and O–H groups in total. The van der Waals surface area contributed by atoms with E-state index in [2.05, 4.69) is 21.2 Å². The van der Waals surface area contributed by atoms with E-state index in [0.29, 0.717) is 6.42 Å². The Bertz CT molecular complexity index is 420. The van der Waals surface area contributed by atoms with Crippen LogP contribution in [0.5, 0.6) is 0 Å². The van der Waals surface area contributed by atoms with Crippen LogP contribution in [0.25, 0.3) is 0 Å². The highest BCUT2D eigenvalue weighted by atomic mass is 79.9. The van der Waals surface area contributed by atoms with Crippen LogP contribution in [0, 0.1) is 0 Å². The van der Waals surface area contributed by atoms with Crippen LogP contribution < -0.4 is 5.32 Å². The van der Waals surface area contributed by atoms with E-state index < -0.39 is 4.75 Å². The van der Waals surface area contributed by atoms with Gasteiger partial charge in [-0.3, -0.25) is 4.79 Å². The Morgan fingerprint density at radius 3 is 2.53 bits per heavy atom. The van der Waals surface area contributed by atoms with E-state index in [4.69, 9.17) is 5.11 Å². The monoisotopic (exact) mass is 345 g/mol. The van der Waals surface area contributed by atoms with Crippen LogP contribution in [0.4, 0.5) is 0 Å². The molecule has 1 atom stereocenters. The molecule has 19 heavy (non-hydrogen) atoms. The number of hydrogen-bond acceptors (Lipinski definition) is 3. The van der Waals surface area contributed by atoms with Crippen LogP contribution in [-0.2, 0) is 4.79 Å². The van der Waals surface area contributed by atoms with Gasteiger partial charge >= 0.3 is 0 Å². The average Bonchev–Trinajstić information content (AvgIpc) is 2.32. The highest BCUT2D eigenvalue weighted by Crippen LogP contribution is 2.33. The van der Waals surface area contributed by atoms with Gasteiger partial charge in [-0.2, -0.15) is 0 Å². The van der Waals surface area contributed by atoms with Gasteiger partial charge < -0.3 is 10.4 Å². The maximum atomic E-state index is 12.2. The standard InChI is InChI=1S/C14H20BrNO2S/c1-10(8-9-17)16-13(18)14(2,3)19-12-6-4-11(15)5-7-12/h4-7,10,17H,8-9H2,1-3H3,(H,16,18). The largest absolute Gasteiger partial charge is 0.396 e. The molecular formula is C14H20BrNO2S. The molecule has 0 spiro atoms. The molecule has 0 aliphatic rings. The van der Waals surface area contributed by atoms with E-state index in [0.717, 1.165) is 9.37 Å². The lowest BCUT2D eigenvalue weighted by molar-refractivity contribution is -0.123. The zero-order valence-electron chi connectivity index (χ0n) is 11.4. The molecule has 0 radical (unpaired) electrons. The van der Waals surface area contributed by atoms with Gasteiger partial charge in [0, 0.05) is 22.0 Å². The van der Waals surface area contributed by atoms with Crippen molar-refractivity contribution >= 4 is 33.6 Å². The van der Waals surface area contributed by atoms with Gasteiger partial charge in [0.1, 0.15) is 0 Å². The molecule has 0 aliphatic heterocycles. The maximum Gasteiger partial charge on any atom is 0.236 e. The molecular weight excluding hydrogens is 326 g/mol. The normalized spacial score (nSPS) is 13.1. The Morgan fingerprint density at radius 2 is 2.00 bits per heavy atom. The van der Waals surface area contributed by atoms with Crippen LogP contribution in [0.1, 0.15) is 27.2 Å². The van der Waals surface area contributed by atoms with Crippen molar-refractivity contribution in [2.75, 3.05) is 6.61 Å². The van der Waals surface area contributed by atoms with Crippen LogP contribution in [0.15, 0.2) is 33.6 Å². The highest BCUT2D eigenvalue weighted by molar-refractivity contribution is 9.10. The van der Waals surface area contributed by atoms with Crippen LogP contribution >= 0.6 is 27.7 Å². The minimum atomic E-state index is -0.544. The Morgan fingerprint density at radius 1 is 1.42 bits per heavy atom. The minimum Gasteiger partial charge on any atom is -0.396 e. The third-order valence-corrected chi connectivity index (χ3v) is 4.41. The van der Waals surface area contributed by atoms with Crippen LogP contribution in [-0.4, -0.2) is 28.4 Å². The van der Waals surface area contributed by atoms with Crippen molar-refractivity contribution in [3.05, 3.63) is 28.7 Å². The number of aliphatic hydroxyl groups excluding tert-OH is 1. The first-order chi connectivity index (χ1) is 8.85. The molecule has 0 aromatic heterocycles. The molecule has 0 aliphatic carbocycles. The van der Waals surface area contributed by atoms with Crippen LogP contribution in [0.3, 0.4) is 0 Å². The molecule has 1 aromatic carbocycles. The van der Waals surface area contributed by atoms with Gasteiger partial charge in [-0.1, -0.05) is 15.9 Å². The fourth-order valence-electron chi connectivity index (χ4n) is 1.51. The lowest BCUT2D eigenvalue weighted by Crippen LogP contribution is -2.44. The predicted molar refractivity (Wildman–Crippen MR) is 83.4 cm³/mol. The first-order valence-corrected chi connectivity index (χ1v) is 7.82. The average molecular weight is 346 g/mol. The fraction of sp³-hybridized carbons (Fsp3) is 0.500. The second-order valence-corrected chi connectivity index (χ2v) is 7.56. The lowest BCUT2D eigenvalue weighted by atomic mass is 10.1. The number of amides is 1. The van der Waals surface area contributed by atoms with Gasteiger partial charge in [-0.25, -0.2) is 0 Å². The Balaban J connectivity index is 2.64. The third-order valence-electron chi connectivity index (χ3n) is 2.67. The molecule has 0 heterocycles. The van der Waals surface area contributed by atoms with E-state index in [1.54, 1.807) is 0 Å². The fourth-order valence-corrected chi connectivity index (χ4v) is 2.78. The van der Waals surface area contributed by atoms with E-state index in [-0.39, 0.29) is 18.6 Å². The molecule has 1 amide bonds. The van der Waals surface area contributed by atoms with Crippen molar-refractivity contribution in [1.29, 1.82) is 0 Å². The molecule has 1 rings (SSSR count). The first kappa shape index (κ1) is 16.5. The number of carbonyl (C=O) groups excluding carboxylic acids is 1. The van der Waals surface area contributed by atoms with Gasteiger partial charge in [0.15, 0.2) is 0 Å². The molecule has 5 heteroatoms. The Hall–Kier alpha value is -0.520. The number of halogens is 1. The number of benzene rings is 1. The van der Waals surface area contributed by atoms with E-state index in [9.17, 15) is 4.79 Å². The molecule has 0 saturated heterocycles. The highest BCUT2D eigenvalue weighted by Gasteiger charge is 2.29. The lowest BCUT2D eigenvalue weighted by Gasteiger charge is -2.25. The summed E-state index contributed by atoms with van der Waals surface area (Å²) in [5, 5.41) is 11.8. The van der Waals surface area contributed by atoms with Crippen molar-refractivity contribution in [3.63, 3.8) is 0 Å². The number of hydrogen-bond donors (Lipinski definition) is 2. The van der Waals surface area contributed by atoms with E-state index >= 15 is 0 Å². The quantitative estimate of drug-likeness (QED) is 0.778. The summed E-state index contributed by atoms with van der Waals surface area (Å²) < 4.78 is 0.480. The number of thioether (sulfide) groups is 1. The summed E-state index contributed by atoms with van der Waals surface area (Å²) in [7, 11) is 0. The van der Waals surface area contributed by atoms with Crippen molar-refractivity contribution in [3.8, 4) is 0 Å². The maximum absolute atomic E-state index is 12.2. The van der Waals surface area contributed by atoms with Crippen molar-refractivity contribution in [2.24, 2.45) is 0 Å². The summed E-state index contributed by atoms with van der Waals surface area (Å²) in [4.78, 5) is 13.3. The second kappa shape index (κ2) is 7.31. The van der Waals surface area contributed by atoms with Gasteiger partial charge in [0.2, 0.25) is 5.91 Å². The van der Waals surface area contributed by atoms with Gasteiger partial charge in [-0.15, -0.1) is 11.8 Å².